The molecule has 68 valence electrons. The SMILES string of the molecule is COc1cc(C)c(Cl)c(C#N)c1O. The first kappa shape index (κ1) is 9.69. The van der Waals surface area contributed by atoms with Gasteiger partial charge < -0.3 is 9.84 Å². The highest BCUT2D eigenvalue weighted by atomic mass is 35.5. The quantitative estimate of drug-likeness (QED) is 0.751. The second-order valence-electron chi connectivity index (χ2n) is 2.55. The summed E-state index contributed by atoms with van der Waals surface area (Å²) in [6.07, 6.45) is 0. The zero-order valence-corrected chi connectivity index (χ0v) is 8.01. The van der Waals surface area contributed by atoms with E-state index in [1.54, 1.807) is 13.0 Å². The summed E-state index contributed by atoms with van der Waals surface area (Å²) in [6.45, 7) is 1.74. The Morgan fingerprint density at radius 3 is 2.69 bits per heavy atom. The molecule has 1 rings (SSSR count). The monoisotopic (exact) mass is 197 g/mol. The van der Waals surface area contributed by atoms with E-state index in [0.717, 1.165) is 0 Å². The predicted octanol–water partition coefficient (Wildman–Crippen LogP) is 2.23. The highest BCUT2D eigenvalue weighted by molar-refractivity contribution is 6.32. The molecule has 0 spiro atoms. The fourth-order valence-corrected chi connectivity index (χ4v) is 1.20. The zero-order valence-electron chi connectivity index (χ0n) is 7.26. The minimum atomic E-state index is -0.208. The molecular formula is C9H8ClNO2. The van der Waals surface area contributed by atoms with E-state index >= 15 is 0 Å². The molecule has 0 atom stereocenters. The number of phenols is 1. The third-order valence-corrected chi connectivity index (χ3v) is 2.20. The normalized spacial score (nSPS) is 9.38. The highest BCUT2D eigenvalue weighted by Crippen LogP contribution is 2.36. The summed E-state index contributed by atoms with van der Waals surface area (Å²) in [5.41, 5.74) is 0.756. The predicted molar refractivity (Wildman–Crippen MR) is 49.1 cm³/mol. The molecule has 1 aromatic rings. The van der Waals surface area contributed by atoms with Crippen LogP contribution < -0.4 is 4.74 Å². The molecule has 0 bridgehead atoms. The third-order valence-electron chi connectivity index (χ3n) is 1.72. The van der Waals surface area contributed by atoms with Gasteiger partial charge in [0.15, 0.2) is 11.5 Å². The summed E-state index contributed by atoms with van der Waals surface area (Å²) in [4.78, 5) is 0. The summed E-state index contributed by atoms with van der Waals surface area (Å²) in [6, 6.07) is 3.40. The van der Waals surface area contributed by atoms with E-state index in [9.17, 15) is 5.11 Å². The van der Waals surface area contributed by atoms with Crippen LogP contribution in [0.2, 0.25) is 5.02 Å². The van der Waals surface area contributed by atoms with Crippen molar-refractivity contribution in [1.29, 1.82) is 5.26 Å². The molecule has 0 aliphatic rings. The Labute approximate surface area is 81.1 Å². The van der Waals surface area contributed by atoms with Gasteiger partial charge in [0.2, 0.25) is 0 Å². The number of nitriles is 1. The minimum absolute atomic E-state index is 0.0542. The average molecular weight is 198 g/mol. The number of phenolic OH excluding ortho intramolecular Hbond substituents is 1. The van der Waals surface area contributed by atoms with E-state index in [0.29, 0.717) is 5.56 Å². The second kappa shape index (κ2) is 3.55. The summed E-state index contributed by atoms with van der Waals surface area (Å²) in [5, 5.41) is 18.4. The molecule has 0 unspecified atom stereocenters. The van der Waals surface area contributed by atoms with Crippen LogP contribution in [-0.4, -0.2) is 12.2 Å². The number of hydrogen-bond donors (Lipinski definition) is 1. The van der Waals surface area contributed by atoms with Crippen molar-refractivity contribution in [3.63, 3.8) is 0 Å². The van der Waals surface area contributed by atoms with E-state index in [1.165, 1.54) is 7.11 Å². The standard InChI is InChI=1S/C9H8ClNO2/c1-5-3-7(13-2)9(12)6(4-11)8(5)10/h3,12H,1-2H3. The first-order chi connectivity index (χ1) is 6.11. The first-order valence-electron chi connectivity index (χ1n) is 3.58. The van der Waals surface area contributed by atoms with E-state index in [1.807, 2.05) is 6.07 Å². The lowest BCUT2D eigenvalue weighted by atomic mass is 10.1. The summed E-state index contributed by atoms with van der Waals surface area (Å²) in [5.74, 6) is 0.0547. The molecule has 4 heteroatoms. The Hall–Kier alpha value is -1.40. The van der Waals surface area contributed by atoms with Crippen molar-refractivity contribution in [3.05, 3.63) is 22.2 Å². The number of nitrogens with zero attached hydrogens (tertiary/aromatic N) is 1. The molecule has 0 fully saturated rings. The van der Waals surface area contributed by atoms with Gasteiger partial charge in [0, 0.05) is 0 Å². The van der Waals surface area contributed by atoms with Gasteiger partial charge in [0.05, 0.1) is 12.1 Å². The number of aromatic hydroxyl groups is 1. The van der Waals surface area contributed by atoms with Crippen molar-refractivity contribution >= 4 is 11.6 Å². The van der Waals surface area contributed by atoms with Crippen LogP contribution in [0.25, 0.3) is 0 Å². The van der Waals surface area contributed by atoms with Crippen molar-refractivity contribution in [2.24, 2.45) is 0 Å². The van der Waals surface area contributed by atoms with Crippen LogP contribution in [0.5, 0.6) is 11.5 Å². The smallest absolute Gasteiger partial charge is 0.177 e. The molecule has 3 nitrogen and oxygen atoms in total. The van der Waals surface area contributed by atoms with Crippen molar-refractivity contribution < 1.29 is 9.84 Å². The fraction of sp³-hybridized carbons (Fsp3) is 0.222. The van der Waals surface area contributed by atoms with Crippen LogP contribution in [0.1, 0.15) is 11.1 Å². The minimum Gasteiger partial charge on any atom is -0.503 e. The van der Waals surface area contributed by atoms with E-state index in [-0.39, 0.29) is 22.1 Å². The van der Waals surface area contributed by atoms with Gasteiger partial charge in [-0.05, 0) is 18.6 Å². The van der Waals surface area contributed by atoms with Gasteiger partial charge in [-0.25, -0.2) is 0 Å². The number of benzene rings is 1. The molecule has 13 heavy (non-hydrogen) atoms. The Balaban J connectivity index is 3.50. The van der Waals surface area contributed by atoms with Gasteiger partial charge in [0.25, 0.3) is 0 Å². The maximum Gasteiger partial charge on any atom is 0.177 e. The van der Waals surface area contributed by atoms with Crippen LogP contribution in [0, 0.1) is 18.3 Å². The van der Waals surface area contributed by atoms with Gasteiger partial charge in [-0.3, -0.25) is 0 Å². The molecule has 1 aromatic carbocycles. The van der Waals surface area contributed by atoms with Crippen LogP contribution in [0.4, 0.5) is 0 Å². The lowest BCUT2D eigenvalue weighted by Crippen LogP contribution is -1.90. The lowest BCUT2D eigenvalue weighted by Gasteiger charge is -2.07. The van der Waals surface area contributed by atoms with E-state index in [4.69, 9.17) is 21.6 Å². The number of ether oxygens (including phenoxy) is 1. The number of hydrogen-bond acceptors (Lipinski definition) is 3. The Morgan fingerprint density at radius 2 is 2.23 bits per heavy atom. The largest absolute Gasteiger partial charge is 0.503 e. The average Bonchev–Trinajstić information content (AvgIpc) is 2.12. The van der Waals surface area contributed by atoms with Crippen molar-refractivity contribution in [2.45, 2.75) is 6.92 Å². The number of rotatable bonds is 1. The van der Waals surface area contributed by atoms with Gasteiger partial charge in [-0.1, -0.05) is 11.6 Å². The van der Waals surface area contributed by atoms with Crippen molar-refractivity contribution in [3.8, 4) is 17.6 Å². The summed E-state index contributed by atoms with van der Waals surface area (Å²) >= 11 is 5.79. The van der Waals surface area contributed by atoms with E-state index < -0.39 is 0 Å². The molecule has 0 amide bonds. The molecule has 0 aliphatic heterocycles. The van der Waals surface area contributed by atoms with Gasteiger partial charge in [-0.15, -0.1) is 0 Å². The van der Waals surface area contributed by atoms with Crippen LogP contribution in [0.3, 0.4) is 0 Å². The molecule has 1 N–H and O–H groups in total. The Kier molecular flexibility index (Phi) is 2.64. The third kappa shape index (κ3) is 1.53. The van der Waals surface area contributed by atoms with Crippen molar-refractivity contribution in [1.82, 2.24) is 0 Å². The number of halogens is 1. The Bertz CT molecular complexity index is 382. The molecule has 0 radical (unpaired) electrons. The molecule has 0 saturated carbocycles. The van der Waals surface area contributed by atoms with Crippen LogP contribution in [0.15, 0.2) is 6.07 Å². The first-order valence-corrected chi connectivity index (χ1v) is 3.95. The maximum atomic E-state index is 9.46. The van der Waals surface area contributed by atoms with Crippen LogP contribution >= 0.6 is 11.6 Å². The zero-order chi connectivity index (χ0) is 10.0. The highest BCUT2D eigenvalue weighted by Gasteiger charge is 2.14. The van der Waals surface area contributed by atoms with Crippen molar-refractivity contribution in [2.75, 3.05) is 7.11 Å². The molecule has 0 aromatic heterocycles. The maximum absolute atomic E-state index is 9.46. The second-order valence-corrected chi connectivity index (χ2v) is 2.92. The number of methoxy groups -OCH3 is 1. The molecular weight excluding hydrogens is 190 g/mol. The lowest BCUT2D eigenvalue weighted by molar-refractivity contribution is 0.372. The van der Waals surface area contributed by atoms with Gasteiger partial charge in [0.1, 0.15) is 11.6 Å². The fourth-order valence-electron chi connectivity index (χ4n) is 1.01. The topological polar surface area (TPSA) is 53.2 Å². The summed E-state index contributed by atoms with van der Waals surface area (Å²) < 4.78 is 4.86. The van der Waals surface area contributed by atoms with Crippen LogP contribution in [-0.2, 0) is 0 Å². The summed E-state index contributed by atoms with van der Waals surface area (Å²) in [7, 11) is 1.42. The molecule has 0 aliphatic carbocycles. The number of aryl methyl sites for hydroxylation is 1. The van der Waals surface area contributed by atoms with Gasteiger partial charge in [-0.2, -0.15) is 5.26 Å². The Morgan fingerprint density at radius 1 is 1.62 bits per heavy atom. The van der Waals surface area contributed by atoms with Gasteiger partial charge >= 0.3 is 0 Å². The molecule has 0 heterocycles. The molecule has 0 saturated heterocycles. The van der Waals surface area contributed by atoms with E-state index in [2.05, 4.69) is 0 Å².